The number of benzene rings is 2. The van der Waals surface area contributed by atoms with Gasteiger partial charge in [-0.05, 0) is 85.3 Å². The zero-order valence-electron chi connectivity index (χ0n) is 25.4. The second-order valence-electron chi connectivity index (χ2n) is 12.5. The lowest BCUT2D eigenvalue weighted by atomic mass is 9.82. The molecule has 43 heavy (non-hydrogen) atoms. The molecule has 5 atom stereocenters. The van der Waals surface area contributed by atoms with E-state index in [4.69, 9.17) is 14.2 Å². The Labute approximate surface area is 253 Å². The van der Waals surface area contributed by atoms with Crippen LogP contribution < -0.4 is 9.47 Å². The number of aryl methyl sites for hydroxylation is 1. The van der Waals surface area contributed by atoms with E-state index in [1.54, 1.807) is 6.07 Å². The summed E-state index contributed by atoms with van der Waals surface area (Å²) in [6.07, 6.45) is 4.89. The van der Waals surface area contributed by atoms with E-state index >= 15 is 4.39 Å². The summed E-state index contributed by atoms with van der Waals surface area (Å²) in [6, 6.07) is 14.6. The van der Waals surface area contributed by atoms with Gasteiger partial charge in [0.1, 0.15) is 17.7 Å². The molecule has 0 bridgehead atoms. The highest BCUT2D eigenvalue weighted by molar-refractivity contribution is 5.71. The first kappa shape index (κ1) is 29.6. The highest BCUT2D eigenvalue weighted by atomic mass is 19.1. The maximum Gasteiger partial charge on any atom is 0.306 e. The lowest BCUT2D eigenvalue weighted by molar-refractivity contribution is -0.142. The van der Waals surface area contributed by atoms with Crippen molar-refractivity contribution in [3.8, 4) is 22.8 Å². The summed E-state index contributed by atoms with van der Waals surface area (Å²) in [7, 11) is 1.53. The predicted octanol–water partition coefficient (Wildman–Crippen LogP) is 6.79. The van der Waals surface area contributed by atoms with Gasteiger partial charge in [-0.3, -0.25) is 9.69 Å². The van der Waals surface area contributed by atoms with Gasteiger partial charge in [0.2, 0.25) is 5.88 Å². The van der Waals surface area contributed by atoms with Gasteiger partial charge in [-0.1, -0.05) is 37.3 Å². The van der Waals surface area contributed by atoms with Gasteiger partial charge in [-0.15, -0.1) is 0 Å². The van der Waals surface area contributed by atoms with Crippen LogP contribution in [-0.4, -0.2) is 53.4 Å². The van der Waals surface area contributed by atoms with Gasteiger partial charge in [-0.25, -0.2) is 9.37 Å². The standard InChI is InChI=1S/C35H41FN2O5/c1-20-18-42-19-21(2)38(20)17-27-13-25(9-11-28(27)29-15-33(41-4)37-16-30(29)36)31-12-10-23-5-8-26(14-32(23)43-31)34(24-6-7-24)22(3)35(39)40/h5,8-9,11,13-16,20-22,24,31,34H,6-7,10,12,17-19H2,1-4H3,(H,39,40)/t20-,21-,22+,31?,34+/m1/s1. The number of pyridine rings is 1. The number of rotatable bonds is 9. The molecule has 2 aliphatic heterocycles. The molecule has 228 valence electrons. The van der Waals surface area contributed by atoms with Crippen LogP contribution in [0.1, 0.15) is 74.3 Å². The smallest absolute Gasteiger partial charge is 0.306 e. The van der Waals surface area contributed by atoms with Crippen molar-refractivity contribution in [1.82, 2.24) is 9.88 Å². The van der Waals surface area contributed by atoms with Crippen molar-refractivity contribution in [2.45, 2.75) is 77.1 Å². The molecule has 2 fully saturated rings. The number of carboxylic acids is 1. The van der Waals surface area contributed by atoms with Crippen molar-refractivity contribution in [1.29, 1.82) is 0 Å². The van der Waals surface area contributed by atoms with Crippen LogP contribution in [0.4, 0.5) is 4.39 Å². The number of nitrogens with zero attached hydrogens (tertiary/aromatic N) is 2. The lowest BCUT2D eigenvalue weighted by Crippen LogP contribution is -2.48. The largest absolute Gasteiger partial charge is 0.485 e. The first-order chi connectivity index (χ1) is 20.7. The summed E-state index contributed by atoms with van der Waals surface area (Å²) in [4.78, 5) is 18.4. The fraction of sp³-hybridized carbons (Fsp3) is 0.486. The average molecular weight is 589 g/mol. The number of carboxylic acid groups (broad SMARTS) is 1. The minimum absolute atomic E-state index is 0.0117. The Morgan fingerprint density at radius 2 is 1.86 bits per heavy atom. The van der Waals surface area contributed by atoms with Gasteiger partial charge in [0.15, 0.2) is 0 Å². The van der Waals surface area contributed by atoms with Crippen molar-refractivity contribution in [2.24, 2.45) is 11.8 Å². The van der Waals surface area contributed by atoms with Gasteiger partial charge in [0.05, 0.1) is 32.4 Å². The number of aromatic nitrogens is 1. The maximum absolute atomic E-state index is 15.2. The third kappa shape index (κ3) is 6.13. The average Bonchev–Trinajstić information content (AvgIpc) is 3.84. The number of methoxy groups -OCH3 is 1. The molecule has 0 spiro atoms. The molecule has 2 aromatic carbocycles. The highest BCUT2D eigenvalue weighted by Gasteiger charge is 2.39. The fourth-order valence-corrected chi connectivity index (χ4v) is 6.89. The van der Waals surface area contributed by atoms with E-state index in [0.717, 1.165) is 59.3 Å². The van der Waals surface area contributed by atoms with Crippen LogP contribution in [0.25, 0.3) is 11.1 Å². The highest BCUT2D eigenvalue weighted by Crippen LogP contribution is 2.48. The second kappa shape index (κ2) is 12.2. The number of halogens is 1. The Balaban J connectivity index is 1.34. The second-order valence-corrected chi connectivity index (χ2v) is 12.5. The number of aliphatic carboxylic acids is 1. The van der Waals surface area contributed by atoms with Crippen molar-refractivity contribution in [3.63, 3.8) is 0 Å². The molecule has 3 heterocycles. The summed E-state index contributed by atoms with van der Waals surface area (Å²) in [5.74, 6) is 0.00456. The van der Waals surface area contributed by atoms with E-state index in [2.05, 4.69) is 48.0 Å². The monoisotopic (exact) mass is 588 g/mol. The van der Waals surface area contributed by atoms with Gasteiger partial charge < -0.3 is 19.3 Å². The van der Waals surface area contributed by atoms with Crippen LogP contribution in [0.5, 0.6) is 11.6 Å². The molecule has 6 rings (SSSR count). The number of morpholine rings is 1. The van der Waals surface area contributed by atoms with E-state index in [0.29, 0.717) is 37.1 Å². The summed E-state index contributed by atoms with van der Waals surface area (Å²) >= 11 is 0. The van der Waals surface area contributed by atoms with Crippen LogP contribution in [0.15, 0.2) is 48.7 Å². The Morgan fingerprint density at radius 1 is 1.09 bits per heavy atom. The van der Waals surface area contributed by atoms with E-state index in [-0.39, 0.29) is 24.1 Å². The topological polar surface area (TPSA) is 81.1 Å². The SMILES string of the molecule is COc1cc(-c2ccc(C3CCc4ccc([C@H](C5CC5)[C@H](C)C(=O)O)cc4O3)cc2CN2[C@H](C)COC[C@H]2C)c(F)cn1. The molecule has 8 heteroatoms. The van der Waals surface area contributed by atoms with Crippen molar-refractivity contribution < 1.29 is 28.5 Å². The van der Waals surface area contributed by atoms with Crippen LogP contribution in [0.3, 0.4) is 0 Å². The fourth-order valence-electron chi connectivity index (χ4n) is 6.89. The summed E-state index contributed by atoms with van der Waals surface area (Å²) < 4.78 is 32.9. The molecule has 1 unspecified atom stereocenters. The quantitative estimate of drug-likeness (QED) is 0.295. The number of hydrogen-bond acceptors (Lipinski definition) is 6. The number of hydrogen-bond donors (Lipinski definition) is 1. The Morgan fingerprint density at radius 3 is 2.56 bits per heavy atom. The molecule has 3 aromatic rings. The maximum atomic E-state index is 15.2. The molecule has 1 saturated carbocycles. The van der Waals surface area contributed by atoms with Crippen molar-refractivity contribution in [2.75, 3.05) is 20.3 Å². The summed E-state index contributed by atoms with van der Waals surface area (Å²) in [6.45, 7) is 8.09. The Kier molecular flexibility index (Phi) is 8.42. The van der Waals surface area contributed by atoms with E-state index in [9.17, 15) is 9.90 Å². The number of ether oxygens (including phenoxy) is 3. The molecular weight excluding hydrogens is 547 g/mol. The van der Waals surface area contributed by atoms with Gasteiger partial charge >= 0.3 is 5.97 Å². The molecule has 0 amide bonds. The first-order valence-corrected chi connectivity index (χ1v) is 15.4. The van der Waals surface area contributed by atoms with Gasteiger partial charge in [0, 0.05) is 30.3 Å². The molecule has 1 N–H and O–H groups in total. The van der Waals surface area contributed by atoms with Crippen LogP contribution in [0.2, 0.25) is 0 Å². The third-order valence-electron chi connectivity index (χ3n) is 9.51. The van der Waals surface area contributed by atoms with Gasteiger partial charge in [-0.2, -0.15) is 0 Å². The molecule has 0 radical (unpaired) electrons. The van der Waals surface area contributed by atoms with Crippen LogP contribution in [0, 0.1) is 17.7 Å². The van der Waals surface area contributed by atoms with Crippen molar-refractivity contribution in [3.05, 3.63) is 76.7 Å². The molecule has 1 saturated heterocycles. The molecular formula is C35H41FN2O5. The van der Waals surface area contributed by atoms with Gasteiger partial charge in [0.25, 0.3) is 0 Å². The summed E-state index contributed by atoms with van der Waals surface area (Å²) in [5, 5.41) is 9.77. The Hall–Kier alpha value is -3.49. The van der Waals surface area contributed by atoms with E-state index in [1.165, 1.54) is 13.3 Å². The first-order valence-electron chi connectivity index (χ1n) is 15.4. The molecule has 1 aliphatic carbocycles. The van der Waals surface area contributed by atoms with E-state index < -0.39 is 17.7 Å². The van der Waals surface area contributed by atoms with Crippen LogP contribution >= 0.6 is 0 Å². The molecule has 3 aliphatic rings. The lowest BCUT2D eigenvalue weighted by Gasteiger charge is -2.39. The Bertz CT molecular complexity index is 1480. The predicted molar refractivity (Wildman–Crippen MR) is 162 cm³/mol. The van der Waals surface area contributed by atoms with E-state index in [1.807, 2.05) is 19.1 Å². The number of fused-ring (bicyclic) bond motifs is 1. The summed E-state index contributed by atoms with van der Waals surface area (Å²) in [5.41, 5.74) is 5.52. The zero-order valence-corrected chi connectivity index (χ0v) is 25.4. The normalized spacial score (nSPS) is 23.6. The molecule has 7 nitrogen and oxygen atoms in total. The van der Waals surface area contributed by atoms with Crippen LogP contribution in [-0.2, 0) is 22.5 Å². The van der Waals surface area contributed by atoms with Crippen molar-refractivity contribution >= 4 is 5.97 Å². The minimum Gasteiger partial charge on any atom is -0.485 e. The third-order valence-corrected chi connectivity index (χ3v) is 9.51. The minimum atomic E-state index is -0.756. The molecule has 1 aromatic heterocycles. The number of carbonyl (C=O) groups is 1. The zero-order chi connectivity index (χ0) is 30.2.